The van der Waals surface area contributed by atoms with Crippen LogP contribution in [0.15, 0.2) is 0 Å². The number of carbonyl (C=O) groups excluding carboxylic acids is 2. The van der Waals surface area contributed by atoms with Gasteiger partial charge in [0, 0.05) is 12.8 Å². The summed E-state index contributed by atoms with van der Waals surface area (Å²) in [5.74, 6) is 3.26. The van der Waals surface area contributed by atoms with Crippen LogP contribution < -0.4 is 0 Å². The highest BCUT2D eigenvalue weighted by molar-refractivity contribution is 5.69. The summed E-state index contributed by atoms with van der Waals surface area (Å²) in [6, 6.07) is 0. The molecule has 0 spiro atoms. The second-order valence-corrected chi connectivity index (χ2v) is 17.4. The fourth-order valence-electron chi connectivity index (χ4n) is 7.35. The first-order valence-corrected chi connectivity index (χ1v) is 23.0. The molecule has 304 valence electrons. The van der Waals surface area contributed by atoms with Gasteiger partial charge in [-0.2, -0.15) is 0 Å². The van der Waals surface area contributed by atoms with Gasteiger partial charge in [0.25, 0.3) is 0 Å². The number of esters is 2. The lowest BCUT2D eigenvalue weighted by Crippen LogP contribution is -2.09. The molecule has 0 aromatic rings. The summed E-state index contributed by atoms with van der Waals surface area (Å²) in [4.78, 5) is 24.1. The van der Waals surface area contributed by atoms with Gasteiger partial charge in [-0.15, -0.1) is 0 Å². The number of unbranched alkanes of at least 4 members (excludes halogenated alkanes) is 23. The van der Waals surface area contributed by atoms with Gasteiger partial charge in [-0.25, -0.2) is 0 Å². The van der Waals surface area contributed by atoms with Gasteiger partial charge >= 0.3 is 11.9 Å². The first-order chi connectivity index (χ1) is 24.7. The molecule has 0 saturated carbocycles. The first kappa shape index (κ1) is 49.9. The van der Waals surface area contributed by atoms with Gasteiger partial charge in [-0.1, -0.05) is 215 Å². The highest BCUT2D eigenvalue weighted by atomic mass is 16.5. The largest absolute Gasteiger partial charge is 0.466 e. The van der Waals surface area contributed by atoms with E-state index in [-0.39, 0.29) is 11.9 Å². The maximum absolute atomic E-state index is 12.1. The first-order valence-electron chi connectivity index (χ1n) is 23.0. The van der Waals surface area contributed by atoms with Crippen LogP contribution >= 0.6 is 0 Å². The SMILES string of the molecule is CC(C)CCCCCCCCCCCC(=O)OCCCCCCCC(CCCCCCOC(=O)CCCCCCCCCCCC(C)C)C(C)C. The smallest absolute Gasteiger partial charge is 0.305 e. The molecule has 0 aliphatic carbocycles. The van der Waals surface area contributed by atoms with Crippen molar-refractivity contribution in [3.8, 4) is 0 Å². The van der Waals surface area contributed by atoms with Gasteiger partial charge in [0.15, 0.2) is 0 Å². The number of hydrogen-bond donors (Lipinski definition) is 0. The molecular formula is C47H92O4. The minimum absolute atomic E-state index is 0.00517. The van der Waals surface area contributed by atoms with Gasteiger partial charge in [0.1, 0.15) is 0 Å². The van der Waals surface area contributed by atoms with Gasteiger partial charge in [0.2, 0.25) is 0 Å². The monoisotopic (exact) mass is 721 g/mol. The van der Waals surface area contributed by atoms with Crippen LogP contribution in [0.1, 0.15) is 253 Å². The van der Waals surface area contributed by atoms with Crippen molar-refractivity contribution in [3.05, 3.63) is 0 Å². The standard InChI is InChI=1S/C47H92O4/c1-42(2)34-26-18-13-9-7-11-15-21-30-38-46(48)50-40-32-24-17-20-28-36-45(44(5)6)37-29-23-25-33-41-51-47(49)39-31-22-16-12-8-10-14-19-27-35-43(3)4/h42-45H,7-41H2,1-6H3. The third-order valence-electron chi connectivity index (χ3n) is 11.0. The molecule has 0 fully saturated rings. The van der Waals surface area contributed by atoms with Crippen molar-refractivity contribution in [3.63, 3.8) is 0 Å². The Morgan fingerprint density at radius 1 is 0.333 bits per heavy atom. The van der Waals surface area contributed by atoms with Crippen LogP contribution in [0.2, 0.25) is 0 Å². The summed E-state index contributed by atoms with van der Waals surface area (Å²) in [7, 11) is 0. The van der Waals surface area contributed by atoms with Crippen LogP contribution in [0.3, 0.4) is 0 Å². The molecule has 1 unspecified atom stereocenters. The van der Waals surface area contributed by atoms with Crippen molar-refractivity contribution in [2.45, 2.75) is 253 Å². The highest BCUT2D eigenvalue weighted by Gasteiger charge is 2.13. The quantitative estimate of drug-likeness (QED) is 0.0467. The van der Waals surface area contributed by atoms with E-state index in [1.165, 1.54) is 161 Å². The number of hydrogen-bond acceptors (Lipinski definition) is 4. The van der Waals surface area contributed by atoms with Gasteiger partial charge < -0.3 is 9.47 Å². The predicted octanol–water partition coefficient (Wildman–Crippen LogP) is 15.5. The van der Waals surface area contributed by atoms with Crippen molar-refractivity contribution >= 4 is 11.9 Å². The maximum Gasteiger partial charge on any atom is 0.305 e. The Labute approximate surface area is 320 Å². The van der Waals surface area contributed by atoms with E-state index < -0.39 is 0 Å². The topological polar surface area (TPSA) is 52.6 Å². The Kier molecular flexibility index (Phi) is 37.9. The molecular weight excluding hydrogens is 629 g/mol. The lowest BCUT2D eigenvalue weighted by Gasteiger charge is -2.20. The van der Waals surface area contributed by atoms with Gasteiger partial charge in [-0.05, 0) is 49.4 Å². The molecule has 1 atom stereocenters. The fraction of sp³-hybridized carbons (Fsp3) is 0.957. The van der Waals surface area contributed by atoms with Crippen molar-refractivity contribution in [2.24, 2.45) is 23.7 Å². The normalized spacial score (nSPS) is 12.3. The molecule has 4 nitrogen and oxygen atoms in total. The summed E-state index contributed by atoms with van der Waals surface area (Å²) in [6.45, 7) is 15.2. The zero-order chi connectivity index (χ0) is 37.6. The molecule has 0 amide bonds. The average molecular weight is 721 g/mol. The molecule has 0 aromatic heterocycles. The molecule has 0 N–H and O–H groups in total. The van der Waals surface area contributed by atoms with Crippen molar-refractivity contribution < 1.29 is 19.1 Å². The Hall–Kier alpha value is -1.06. The summed E-state index contributed by atoms with van der Waals surface area (Å²) in [5.41, 5.74) is 0. The van der Waals surface area contributed by atoms with E-state index in [0.717, 1.165) is 62.2 Å². The molecule has 0 aliphatic rings. The zero-order valence-corrected chi connectivity index (χ0v) is 35.7. The van der Waals surface area contributed by atoms with E-state index in [4.69, 9.17) is 9.47 Å². The second kappa shape index (κ2) is 38.7. The van der Waals surface area contributed by atoms with E-state index in [9.17, 15) is 9.59 Å². The Morgan fingerprint density at radius 2 is 0.588 bits per heavy atom. The Morgan fingerprint density at radius 3 is 0.882 bits per heavy atom. The van der Waals surface area contributed by atoms with Crippen LogP contribution in [0.4, 0.5) is 0 Å². The van der Waals surface area contributed by atoms with E-state index in [1.54, 1.807) is 0 Å². The third-order valence-corrected chi connectivity index (χ3v) is 11.0. The fourth-order valence-corrected chi connectivity index (χ4v) is 7.35. The molecule has 0 heterocycles. The van der Waals surface area contributed by atoms with Crippen LogP contribution in [-0.4, -0.2) is 25.2 Å². The second-order valence-electron chi connectivity index (χ2n) is 17.4. The van der Waals surface area contributed by atoms with E-state index in [1.807, 2.05) is 0 Å². The predicted molar refractivity (Wildman–Crippen MR) is 222 cm³/mol. The Balaban J connectivity index is 3.52. The molecule has 0 bridgehead atoms. The van der Waals surface area contributed by atoms with Crippen LogP contribution in [0.25, 0.3) is 0 Å². The minimum atomic E-state index is 0.00517. The molecule has 0 saturated heterocycles. The van der Waals surface area contributed by atoms with Crippen molar-refractivity contribution in [1.29, 1.82) is 0 Å². The number of rotatable bonds is 40. The number of carbonyl (C=O) groups is 2. The average Bonchev–Trinajstić information content (AvgIpc) is 3.08. The van der Waals surface area contributed by atoms with E-state index >= 15 is 0 Å². The molecule has 0 aliphatic heterocycles. The van der Waals surface area contributed by atoms with Crippen LogP contribution in [-0.2, 0) is 19.1 Å². The van der Waals surface area contributed by atoms with Crippen molar-refractivity contribution in [2.75, 3.05) is 13.2 Å². The molecule has 0 aromatic carbocycles. The molecule has 4 heteroatoms. The van der Waals surface area contributed by atoms with Crippen LogP contribution in [0.5, 0.6) is 0 Å². The van der Waals surface area contributed by atoms with E-state index in [0.29, 0.717) is 26.1 Å². The highest BCUT2D eigenvalue weighted by Crippen LogP contribution is 2.25. The van der Waals surface area contributed by atoms with E-state index in [2.05, 4.69) is 41.5 Å². The lowest BCUT2D eigenvalue weighted by atomic mass is 9.85. The summed E-state index contributed by atoms with van der Waals surface area (Å²) >= 11 is 0. The maximum atomic E-state index is 12.1. The van der Waals surface area contributed by atoms with Crippen LogP contribution in [0, 0.1) is 23.7 Å². The summed E-state index contributed by atoms with van der Waals surface area (Å²) in [5, 5.41) is 0. The number of ether oxygens (including phenoxy) is 2. The Bertz CT molecular complexity index is 730. The minimum Gasteiger partial charge on any atom is -0.466 e. The zero-order valence-electron chi connectivity index (χ0n) is 35.7. The summed E-state index contributed by atoms with van der Waals surface area (Å²) < 4.78 is 11.0. The van der Waals surface area contributed by atoms with Crippen molar-refractivity contribution in [1.82, 2.24) is 0 Å². The molecule has 51 heavy (non-hydrogen) atoms. The third kappa shape index (κ3) is 40.0. The molecule has 0 rings (SSSR count). The lowest BCUT2D eigenvalue weighted by molar-refractivity contribution is -0.144. The summed E-state index contributed by atoms with van der Waals surface area (Å²) in [6.07, 6.45) is 40.6. The van der Waals surface area contributed by atoms with Gasteiger partial charge in [-0.3, -0.25) is 9.59 Å². The molecule has 0 radical (unpaired) electrons. The van der Waals surface area contributed by atoms with Gasteiger partial charge in [0.05, 0.1) is 13.2 Å².